The molecule has 8 heteroatoms. The number of aryl methyl sites for hydroxylation is 2. The normalized spacial score (nSPS) is 14.0. The quantitative estimate of drug-likeness (QED) is 0.818. The van der Waals surface area contributed by atoms with E-state index in [2.05, 4.69) is 4.72 Å². The second-order valence-corrected chi connectivity index (χ2v) is 8.71. The number of halogens is 1. The maximum atomic E-state index is 13.4. The monoisotopic (exact) mass is 383 g/mol. The summed E-state index contributed by atoms with van der Waals surface area (Å²) in [4.78, 5) is 13.2. The summed E-state index contributed by atoms with van der Waals surface area (Å²) >= 11 is 1.27. The Bertz CT molecular complexity index is 934. The summed E-state index contributed by atoms with van der Waals surface area (Å²) in [6, 6.07) is 3.59. The standard InChI is InChI=1S/C17H18FNO4S2/c1-10-9-11(7-8-13(10)18)25(21,22)19-16-15(17(20)23-2)12-5-3-4-6-14(12)24-16/h7-9,19H,3-6H2,1-2H3. The molecule has 1 aliphatic rings. The molecule has 25 heavy (non-hydrogen) atoms. The molecule has 134 valence electrons. The van der Waals surface area contributed by atoms with Gasteiger partial charge in [0, 0.05) is 4.88 Å². The Kier molecular flexibility index (Phi) is 4.83. The highest BCUT2D eigenvalue weighted by atomic mass is 32.2. The van der Waals surface area contributed by atoms with Crippen molar-refractivity contribution in [2.75, 3.05) is 11.8 Å². The maximum absolute atomic E-state index is 13.4. The van der Waals surface area contributed by atoms with Gasteiger partial charge in [0.15, 0.2) is 0 Å². The van der Waals surface area contributed by atoms with Crippen LogP contribution in [0.15, 0.2) is 23.1 Å². The van der Waals surface area contributed by atoms with E-state index in [1.165, 1.54) is 37.5 Å². The average molecular weight is 383 g/mol. The third-order valence-corrected chi connectivity index (χ3v) is 6.91. The van der Waals surface area contributed by atoms with E-state index in [1.54, 1.807) is 0 Å². The van der Waals surface area contributed by atoms with Crippen molar-refractivity contribution in [3.8, 4) is 0 Å². The molecule has 1 N–H and O–H groups in total. The zero-order chi connectivity index (χ0) is 18.2. The molecule has 1 aromatic heterocycles. The largest absolute Gasteiger partial charge is 0.465 e. The molecular formula is C17H18FNO4S2. The topological polar surface area (TPSA) is 72.5 Å². The van der Waals surface area contributed by atoms with Gasteiger partial charge in [-0.1, -0.05) is 0 Å². The number of ether oxygens (including phenoxy) is 1. The van der Waals surface area contributed by atoms with Crippen LogP contribution in [0.2, 0.25) is 0 Å². The molecule has 0 saturated heterocycles. The summed E-state index contributed by atoms with van der Waals surface area (Å²) in [5, 5.41) is 0.265. The highest BCUT2D eigenvalue weighted by Gasteiger charge is 2.28. The second-order valence-electron chi connectivity index (χ2n) is 5.92. The fraction of sp³-hybridized carbons (Fsp3) is 0.353. The van der Waals surface area contributed by atoms with Gasteiger partial charge in [-0.15, -0.1) is 11.3 Å². The molecule has 3 rings (SSSR count). The van der Waals surface area contributed by atoms with Gasteiger partial charge in [0.25, 0.3) is 10.0 Å². The lowest BCUT2D eigenvalue weighted by Crippen LogP contribution is -2.16. The van der Waals surface area contributed by atoms with Crippen molar-refractivity contribution >= 4 is 32.3 Å². The number of thiophene rings is 1. The van der Waals surface area contributed by atoms with Crippen molar-refractivity contribution in [1.29, 1.82) is 0 Å². The SMILES string of the molecule is COC(=O)c1c(NS(=O)(=O)c2ccc(F)c(C)c2)sc2c1CCCC2. The van der Waals surface area contributed by atoms with Gasteiger partial charge in [-0.2, -0.15) is 0 Å². The first kappa shape index (κ1) is 17.9. The van der Waals surface area contributed by atoms with Crippen LogP contribution >= 0.6 is 11.3 Å². The molecule has 0 unspecified atom stereocenters. The Morgan fingerprint density at radius 2 is 2.00 bits per heavy atom. The van der Waals surface area contributed by atoms with Crippen LogP contribution in [-0.4, -0.2) is 21.5 Å². The summed E-state index contributed by atoms with van der Waals surface area (Å²) < 4.78 is 46.1. The van der Waals surface area contributed by atoms with E-state index in [1.807, 2.05) is 0 Å². The molecule has 1 aliphatic carbocycles. The van der Waals surface area contributed by atoms with Crippen molar-refractivity contribution in [2.45, 2.75) is 37.5 Å². The van der Waals surface area contributed by atoms with Gasteiger partial charge < -0.3 is 4.74 Å². The summed E-state index contributed by atoms with van der Waals surface area (Å²) in [5.74, 6) is -1.02. The van der Waals surface area contributed by atoms with Gasteiger partial charge in [-0.25, -0.2) is 17.6 Å². The van der Waals surface area contributed by atoms with Gasteiger partial charge in [-0.05, 0) is 61.9 Å². The smallest absolute Gasteiger partial charge is 0.341 e. The van der Waals surface area contributed by atoms with Crippen LogP contribution in [-0.2, 0) is 27.6 Å². The summed E-state index contributed by atoms with van der Waals surface area (Å²) in [6.45, 7) is 1.50. The van der Waals surface area contributed by atoms with Crippen LogP contribution in [0, 0.1) is 12.7 Å². The summed E-state index contributed by atoms with van der Waals surface area (Å²) in [5.41, 5.74) is 1.40. The Hall–Kier alpha value is -1.93. The minimum atomic E-state index is -3.93. The number of carbonyl (C=O) groups excluding carboxylic acids is 1. The van der Waals surface area contributed by atoms with E-state index >= 15 is 0 Å². The van der Waals surface area contributed by atoms with Crippen molar-refractivity contribution in [2.24, 2.45) is 0 Å². The highest BCUT2D eigenvalue weighted by molar-refractivity contribution is 7.93. The van der Waals surface area contributed by atoms with E-state index in [-0.39, 0.29) is 15.5 Å². The van der Waals surface area contributed by atoms with E-state index < -0.39 is 21.8 Å². The lowest BCUT2D eigenvalue weighted by molar-refractivity contribution is 0.0601. The number of hydrogen-bond acceptors (Lipinski definition) is 5. The number of hydrogen-bond donors (Lipinski definition) is 1. The number of methoxy groups -OCH3 is 1. The first-order valence-electron chi connectivity index (χ1n) is 7.85. The van der Waals surface area contributed by atoms with Gasteiger partial charge in [0.05, 0.1) is 17.6 Å². The number of sulfonamides is 1. The lowest BCUT2D eigenvalue weighted by Gasteiger charge is -2.12. The summed E-state index contributed by atoms with van der Waals surface area (Å²) in [7, 11) is -2.66. The van der Waals surface area contributed by atoms with Crippen molar-refractivity contribution < 1.29 is 22.3 Å². The number of esters is 1. The molecule has 1 aromatic carbocycles. The fourth-order valence-corrected chi connectivity index (χ4v) is 5.59. The Balaban J connectivity index is 2.03. The van der Waals surface area contributed by atoms with E-state index in [9.17, 15) is 17.6 Å². The molecule has 0 saturated carbocycles. The lowest BCUT2D eigenvalue weighted by atomic mass is 9.95. The van der Waals surface area contributed by atoms with Crippen LogP contribution < -0.4 is 4.72 Å². The third kappa shape index (κ3) is 3.41. The van der Waals surface area contributed by atoms with Crippen LogP contribution in [0.25, 0.3) is 0 Å². The minimum Gasteiger partial charge on any atom is -0.465 e. The van der Waals surface area contributed by atoms with Gasteiger partial charge in [0.2, 0.25) is 0 Å². The van der Waals surface area contributed by atoms with E-state index in [0.29, 0.717) is 5.56 Å². The summed E-state index contributed by atoms with van der Waals surface area (Å²) in [6.07, 6.45) is 3.52. The minimum absolute atomic E-state index is 0.0476. The maximum Gasteiger partial charge on any atom is 0.341 e. The van der Waals surface area contributed by atoms with Crippen molar-refractivity contribution in [1.82, 2.24) is 0 Å². The highest BCUT2D eigenvalue weighted by Crippen LogP contribution is 2.39. The number of nitrogens with one attached hydrogen (secondary N) is 1. The molecule has 0 fully saturated rings. The molecule has 0 amide bonds. The van der Waals surface area contributed by atoms with Crippen molar-refractivity contribution in [3.63, 3.8) is 0 Å². The molecule has 1 heterocycles. The molecule has 2 aromatic rings. The van der Waals surface area contributed by atoms with Crippen molar-refractivity contribution in [3.05, 3.63) is 45.6 Å². The fourth-order valence-electron chi connectivity index (χ4n) is 2.92. The third-order valence-electron chi connectivity index (χ3n) is 4.23. The van der Waals surface area contributed by atoms with Crippen LogP contribution in [0.1, 0.15) is 39.2 Å². The van der Waals surface area contributed by atoms with Crippen LogP contribution in [0.4, 0.5) is 9.39 Å². The molecule has 0 spiro atoms. The van der Waals surface area contributed by atoms with Crippen LogP contribution in [0.5, 0.6) is 0 Å². The molecule has 5 nitrogen and oxygen atoms in total. The second kappa shape index (κ2) is 6.76. The molecule has 0 aliphatic heterocycles. The zero-order valence-electron chi connectivity index (χ0n) is 13.9. The first-order valence-corrected chi connectivity index (χ1v) is 10.2. The van der Waals surface area contributed by atoms with E-state index in [4.69, 9.17) is 4.74 Å². The molecule has 0 bridgehead atoms. The molecule has 0 radical (unpaired) electrons. The molecule has 0 atom stereocenters. The predicted molar refractivity (Wildman–Crippen MR) is 94.2 cm³/mol. The molecular weight excluding hydrogens is 365 g/mol. The Labute approximate surface area is 149 Å². The first-order chi connectivity index (χ1) is 11.8. The number of benzene rings is 1. The predicted octanol–water partition coefficient (Wildman–Crippen LogP) is 3.66. The number of carbonyl (C=O) groups is 1. The van der Waals surface area contributed by atoms with E-state index in [0.717, 1.165) is 42.2 Å². The van der Waals surface area contributed by atoms with Gasteiger partial charge >= 0.3 is 5.97 Å². The average Bonchev–Trinajstić information content (AvgIpc) is 2.93. The van der Waals surface area contributed by atoms with Gasteiger partial charge in [-0.3, -0.25) is 4.72 Å². The number of rotatable bonds is 4. The number of anilines is 1. The Morgan fingerprint density at radius 1 is 1.28 bits per heavy atom. The van der Waals surface area contributed by atoms with Crippen LogP contribution in [0.3, 0.4) is 0 Å². The Morgan fingerprint density at radius 3 is 2.68 bits per heavy atom. The number of fused-ring (bicyclic) bond motifs is 1. The van der Waals surface area contributed by atoms with Gasteiger partial charge in [0.1, 0.15) is 10.8 Å². The zero-order valence-corrected chi connectivity index (χ0v) is 15.5.